The average molecular weight is 646 g/mol. The van der Waals surface area contributed by atoms with Crippen LogP contribution in [0.3, 0.4) is 0 Å². The van der Waals surface area contributed by atoms with E-state index in [-0.39, 0.29) is 18.9 Å². The number of nitrogens with zero attached hydrogens (tertiary/aromatic N) is 6. The summed E-state index contributed by atoms with van der Waals surface area (Å²) in [4.78, 5) is 25.2. The van der Waals surface area contributed by atoms with Gasteiger partial charge in [-0.1, -0.05) is 35.9 Å². The molecule has 2 aromatic carbocycles. The summed E-state index contributed by atoms with van der Waals surface area (Å²) in [5, 5.41) is 11.1. The van der Waals surface area contributed by atoms with E-state index < -0.39 is 12.2 Å². The molecule has 232 valence electrons. The molecule has 3 aromatic heterocycles. The van der Waals surface area contributed by atoms with Crippen molar-refractivity contribution < 1.29 is 13.9 Å². The molecule has 2 aliphatic heterocycles. The zero-order valence-corrected chi connectivity index (χ0v) is 26.4. The summed E-state index contributed by atoms with van der Waals surface area (Å²) in [6.07, 6.45) is 9.20. The van der Waals surface area contributed by atoms with Crippen LogP contribution in [0.2, 0.25) is 5.02 Å². The van der Waals surface area contributed by atoms with Crippen LogP contribution in [-0.2, 0) is 17.8 Å². The van der Waals surface area contributed by atoms with Gasteiger partial charge < -0.3 is 14.2 Å². The highest BCUT2D eigenvalue weighted by atomic mass is 35.5. The lowest BCUT2D eigenvalue weighted by Gasteiger charge is -2.32. The molecule has 1 saturated heterocycles. The molecule has 0 spiro atoms. The monoisotopic (exact) mass is 645 g/mol. The number of amides is 1. The molecule has 1 saturated carbocycles. The third-order valence-electron chi connectivity index (χ3n) is 9.43. The van der Waals surface area contributed by atoms with Crippen LogP contribution < -0.4 is 10.1 Å². The minimum atomic E-state index is -1.03. The fourth-order valence-electron chi connectivity index (χ4n) is 7.00. The van der Waals surface area contributed by atoms with Crippen molar-refractivity contribution in [2.75, 3.05) is 25.5 Å². The Morgan fingerprint density at radius 3 is 2.67 bits per heavy atom. The summed E-state index contributed by atoms with van der Waals surface area (Å²) >= 11 is 8.21. The number of nitrogens with one attached hydrogen (secondary N) is 1. The molecule has 5 heterocycles. The van der Waals surface area contributed by atoms with Crippen molar-refractivity contribution >= 4 is 44.9 Å². The second-order valence-corrected chi connectivity index (χ2v) is 13.5. The second-order valence-electron chi connectivity index (χ2n) is 12.2. The number of hydrogen-bond donors (Lipinski definition) is 1. The predicted octanol–water partition coefficient (Wildman–Crippen LogP) is 6.48. The smallest absolute Gasteiger partial charge is 0.257 e. The van der Waals surface area contributed by atoms with Crippen LogP contribution in [0.1, 0.15) is 54.6 Å². The van der Waals surface area contributed by atoms with Crippen LogP contribution in [0, 0.1) is 0 Å². The molecule has 2 atom stereocenters. The Balaban J connectivity index is 1.14. The first-order valence-corrected chi connectivity index (χ1v) is 16.7. The largest absolute Gasteiger partial charge is 0.494 e. The lowest BCUT2D eigenvalue weighted by Crippen LogP contribution is -2.34. The maximum Gasteiger partial charge on any atom is 0.257 e. The van der Waals surface area contributed by atoms with Crippen LogP contribution in [0.25, 0.3) is 22.0 Å². The molecule has 3 aliphatic rings. The standard InChI is InChI=1S/C33H33ClFN7O2S/c1-44-31-24(21-4-2-19(3-5-21)20-8-11-40(12-9-20)23-6-7-23)15-26(34)25-17-42(39-28(25)31)30(32(43)38-33-36-10-13-45-33)29-27-14-22(35)16-41(27)18-37-29/h2-5,10,13,15,17-18,20,22-23,30H,6-9,11-12,14,16H2,1H3,(H,36,38,43). The van der Waals surface area contributed by atoms with Gasteiger partial charge in [0.1, 0.15) is 11.7 Å². The summed E-state index contributed by atoms with van der Waals surface area (Å²) in [6.45, 7) is 2.57. The van der Waals surface area contributed by atoms with Gasteiger partial charge in [-0.15, -0.1) is 11.3 Å². The zero-order valence-electron chi connectivity index (χ0n) is 24.8. The Bertz CT molecular complexity index is 1860. The molecule has 1 aliphatic carbocycles. The molecule has 5 aromatic rings. The molecular weight excluding hydrogens is 613 g/mol. The first-order chi connectivity index (χ1) is 22.0. The van der Waals surface area contributed by atoms with E-state index in [0.717, 1.165) is 17.2 Å². The van der Waals surface area contributed by atoms with Crippen molar-refractivity contribution in [1.29, 1.82) is 0 Å². The Morgan fingerprint density at radius 1 is 1.16 bits per heavy atom. The SMILES string of the molecule is COc1c(-c2ccc(C3CCN(C4CC4)CC3)cc2)cc(Cl)c2cn(C(C(=O)Nc3nccs3)c3ncn4c3CC(F)C4)nc12. The predicted molar refractivity (Wildman–Crippen MR) is 173 cm³/mol. The molecule has 2 fully saturated rings. The number of imidazole rings is 1. The zero-order chi connectivity index (χ0) is 30.7. The van der Waals surface area contributed by atoms with E-state index in [1.807, 2.05) is 6.07 Å². The van der Waals surface area contributed by atoms with Crippen molar-refractivity contribution in [2.45, 2.75) is 62.8 Å². The van der Waals surface area contributed by atoms with Crippen LogP contribution in [0.4, 0.5) is 9.52 Å². The third kappa shape index (κ3) is 5.30. The third-order valence-corrected chi connectivity index (χ3v) is 10.4. The number of thiazole rings is 1. The van der Waals surface area contributed by atoms with Gasteiger partial charge in [0.15, 0.2) is 16.9 Å². The van der Waals surface area contributed by atoms with Crippen LogP contribution >= 0.6 is 22.9 Å². The molecule has 12 heteroatoms. The summed E-state index contributed by atoms with van der Waals surface area (Å²) < 4.78 is 23.7. The Kier molecular flexibility index (Phi) is 7.34. The first-order valence-electron chi connectivity index (χ1n) is 15.4. The van der Waals surface area contributed by atoms with Crippen molar-refractivity contribution in [1.82, 2.24) is 29.2 Å². The molecular formula is C33H33ClFN7O2S. The van der Waals surface area contributed by atoms with Gasteiger partial charge in [-0.2, -0.15) is 5.10 Å². The lowest BCUT2D eigenvalue weighted by atomic mass is 9.88. The maximum atomic E-state index is 14.4. The van der Waals surface area contributed by atoms with Crippen molar-refractivity contribution in [2.24, 2.45) is 0 Å². The molecule has 9 nitrogen and oxygen atoms in total. The number of anilines is 1. The van der Waals surface area contributed by atoms with E-state index >= 15 is 0 Å². The fourth-order valence-corrected chi connectivity index (χ4v) is 7.78. The Labute approximate surface area is 269 Å². The molecule has 45 heavy (non-hydrogen) atoms. The summed E-state index contributed by atoms with van der Waals surface area (Å²) in [7, 11) is 1.61. The van der Waals surface area contributed by atoms with Gasteiger partial charge in [-0.25, -0.2) is 14.4 Å². The molecule has 0 bridgehead atoms. The number of methoxy groups -OCH3 is 1. The second kappa shape index (κ2) is 11.5. The van der Waals surface area contributed by atoms with Gasteiger partial charge >= 0.3 is 0 Å². The number of piperidine rings is 1. The number of likely N-dealkylation sites (tertiary alicyclic amines) is 1. The average Bonchev–Trinajstić information content (AvgIpc) is 3.33. The summed E-state index contributed by atoms with van der Waals surface area (Å²) in [6, 6.07) is 10.5. The van der Waals surface area contributed by atoms with Crippen LogP contribution in [-0.4, -0.2) is 67.5 Å². The van der Waals surface area contributed by atoms with Crippen LogP contribution in [0.5, 0.6) is 5.75 Å². The highest BCUT2D eigenvalue weighted by molar-refractivity contribution is 7.13. The number of fused-ring (bicyclic) bond motifs is 2. The van der Waals surface area contributed by atoms with Crippen molar-refractivity contribution in [3.05, 3.63) is 76.4 Å². The number of halogens is 2. The fraction of sp³-hybridized carbons (Fsp3) is 0.394. The molecule has 1 amide bonds. The number of carbonyl (C=O) groups excluding carboxylic acids is 1. The van der Waals surface area contributed by atoms with Crippen molar-refractivity contribution in [3.8, 4) is 16.9 Å². The minimum Gasteiger partial charge on any atom is -0.494 e. The summed E-state index contributed by atoms with van der Waals surface area (Å²) in [5.74, 6) is 0.759. The number of benzene rings is 2. The number of alkyl halides is 1. The molecule has 0 radical (unpaired) electrons. The van der Waals surface area contributed by atoms with E-state index in [1.165, 1.54) is 55.7 Å². The van der Waals surface area contributed by atoms with Gasteiger partial charge in [-0.05, 0) is 61.9 Å². The normalized spacial score (nSPS) is 19.6. The number of ether oxygens (including phenoxy) is 1. The topological polar surface area (TPSA) is 90.1 Å². The van der Waals surface area contributed by atoms with Gasteiger partial charge in [0, 0.05) is 46.9 Å². The van der Waals surface area contributed by atoms with E-state index in [0.29, 0.717) is 44.1 Å². The van der Waals surface area contributed by atoms with E-state index in [4.69, 9.17) is 21.4 Å². The number of hydrogen-bond acceptors (Lipinski definition) is 7. The van der Waals surface area contributed by atoms with Gasteiger partial charge in [0.2, 0.25) is 0 Å². The molecule has 1 N–H and O–H groups in total. The van der Waals surface area contributed by atoms with E-state index in [9.17, 15) is 9.18 Å². The Hall–Kier alpha value is -3.80. The van der Waals surface area contributed by atoms with Gasteiger partial charge in [0.25, 0.3) is 5.91 Å². The number of carbonyl (C=O) groups is 1. The number of rotatable bonds is 8. The first kappa shape index (κ1) is 28.7. The van der Waals surface area contributed by atoms with E-state index in [1.54, 1.807) is 40.5 Å². The molecule has 8 rings (SSSR count). The van der Waals surface area contributed by atoms with Crippen molar-refractivity contribution in [3.63, 3.8) is 0 Å². The van der Waals surface area contributed by atoms with Gasteiger partial charge in [0.05, 0.1) is 30.7 Å². The quantitative estimate of drug-likeness (QED) is 0.208. The lowest BCUT2D eigenvalue weighted by molar-refractivity contribution is -0.118. The molecule has 2 unspecified atom stereocenters. The van der Waals surface area contributed by atoms with Crippen LogP contribution in [0.15, 0.2) is 54.4 Å². The highest BCUT2D eigenvalue weighted by Gasteiger charge is 2.35. The maximum absolute atomic E-state index is 14.4. The van der Waals surface area contributed by atoms with E-state index in [2.05, 4.69) is 44.5 Å². The Morgan fingerprint density at radius 2 is 1.96 bits per heavy atom. The summed E-state index contributed by atoms with van der Waals surface area (Å²) in [5.41, 5.74) is 4.82. The minimum absolute atomic E-state index is 0.182. The van der Waals surface area contributed by atoms with Gasteiger partial charge in [-0.3, -0.25) is 14.8 Å². The highest BCUT2D eigenvalue weighted by Crippen LogP contribution is 2.42. The number of aromatic nitrogens is 5.